The zero-order chi connectivity index (χ0) is 19.5. The summed E-state index contributed by atoms with van der Waals surface area (Å²) in [4.78, 5) is 11.5. The first-order chi connectivity index (χ1) is 13.1. The summed E-state index contributed by atoms with van der Waals surface area (Å²) in [5, 5.41) is 20.8. The lowest BCUT2D eigenvalue weighted by Gasteiger charge is -2.06. The molecule has 0 aromatic heterocycles. The van der Waals surface area contributed by atoms with Crippen molar-refractivity contribution in [3.63, 3.8) is 0 Å². The standard InChI is InChI=1S/C14H13NO3.C7H9NO/c16-12-6-4-5-11(9-12)10-15-14(17)18-13-7-2-1-3-8-13;8-5-6-2-1-3-7(9)4-6/h1-9,16H,10H2,(H,15,17);1-4,9H,5,8H2. The van der Waals surface area contributed by atoms with Gasteiger partial charge < -0.3 is 26.0 Å². The number of aromatic hydroxyl groups is 2. The van der Waals surface area contributed by atoms with Crippen LogP contribution in [0.3, 0.4) is 0 Å². The van der Waals surface area contributed by atoms with Crippen LogP contribution in [0.2, 0.25) is 0 Å². The number of carbonyl (C=O) groups is 1. The maximum absolute atomic E-state index is 11.5. The first-order valence-corrected chi connectivity index (χ1v) is 8.33. The molecule has 0 saturated heterocycles. The van der Waals surface area contributed by atoms with Crippen LogP contribution in [-0.2, 0) is 13.1 Å². The van der Waals surface area contributed by atoms with Crippen molar-refractivity contribution in [3.05, 3.63) is 90.0 Å². The van der Waals surface area contributed by atoms with Gasteiger partial charge >= 0.3 is 6.09 Å². The van der Waals surface area contributed by atoms with Crippen molar-refractivity contribution >= 4 is 6.09 Å². The Morgan fingerprint density at radius 3 is 2.00 bits per heavy atom. The summed E-state index contributed by atoms with van der Waals surface area (Å²) in [5.74, 6) is 0.939. The van der Waals surface area contributed by atoms with E-state index < -0.39 is 6.09 Å². The topological polar surface area (TPSA) is 105 Å². The van der Waals surface area contributed by atoms with E-state index in [4.69, 9.17) is 15.6 Å². The van der Waals surface area contributed by atoms with E-state index in [0.717, 1.165) is 11.1 Å². The van der Waals surface area contributed by atoms with Crippen molar-refractivity contribution in [3.8, 4) is 17.2 Å². The molecule has 3 rings (SSSR count). The number of hydrogen-bond acceptors (Lipinski definition) is 5. The van der Waals surface area contributed by atoms with Crippen molar-refractivity contribution in [2.24, 2.45) is 5.73 Å². The predicted molar refractivity (Wildman–Crippen MR) is 103 cm³/mol. The van der Waals surface area contributed by atoms with E-state index in [1.807, 2.05) is 18.2 Å². The van der Waals surface area contributed by atoms with Gasteiger partial charge in [0.25, 0.3) is 0 Å². The van der Waals surface area contributed by atoms with Crippen LogP contribution in [-0.4, -0.2) is 16.3 Å². The third-order valence-electron chi connectivity index (χ3n) is 3.45. The third-order valence-corrected chi connectivity index (χ3v) is 3.45. The summed E-state index contributed by atoms with van der Waals surface area (Å²) in [6, 6.07) is 22.4. The molecule has 0 atom stereocenters. The van der Waals surface area contributed by atoms with Crippen molar-refractivity contribution in [2.45, 2.75) is 13.1 Å². The number of phenols is 2. The van der Waals surface area contributed by atoms with E-state index in [-0.39, 0.29) is 11.5 Å². The molecule has 1 amide bonds. The van der Waals surface area contributed by atoms with Gasteiger partial charge in [0, 0.05) is 13.1 Å². The number of phenolic OH excluding ortho intramolecular Hbond substituents is 2. The largest absolute Gasteiger partial charge is 0.508 e. The van der Waals surface area contributed by atoms with Gasteiger partial charge in [-0.3, -0.25) is 0 Å². The quantitative estimate of drug-likeness (QED) is 0.565. The van der Waals surface area contributed by atoms with Gasteiger partial charge in [-0.2, -0.15) is 0 Å². The molecule has 0 spiro atoms. The second-order valence-electron chi connectivity index (χ2n) is 5.60. The fourth-order valence-corrected chi connectivity index (χ4v) is 2.16. The van der Waals surface area contributed by atoms with Crippen LogP contribution in [0.25, 0.3) is 0 Å². The molecule has 0 fully saturated rings. The summed E-state index contributed by atoms with van der Waals surface area (Å²) in [6.45, 7) is 0.786. The fourth-order valence-electron chi connectivity index (χ4n) is 2.16. The highest BCUT2D eigenvalue weighted by atomic mass is 16.6. The van der Waals surface area contributed by atoms with E-state index in [1.165, 1.54) is 0 Å². The van der Waals surface area contributed by atoms with Gasteiger partial charge in [-0.15, -0.1) is 0 Å². The number of amides is 1. The van der Waals surface area contributed by atoms with E-state index in [1.54, 1.807) is 60.7 Å². The maximum atomic E-state index is 11.5. The number of carbonyl (C=O) groups excluding carboxylic acids is 1. The third kappa shape index (κ3) is 7.50. The lowest BCUT2D eigenvalue weighted by Crippen LogP contribution is -2.26. The van der Waals surface area contributed by atoms with Gasteiger partial charge in [0.1, 0.15) is 17.2 Å². The lowest BCUT2D eigenvalue weighted by molar-refractivity contribution is 0.200. The van der Waals surface area contributed by atoms with Crippen LogP contribution in [0, 0.1) is 0 Å². The summed E-state index contributed by atoms with van der Waals surface area (Å²) in [6.07, 6.45) is -0.524. The van der Waals surface area contributed by atoms with Crippen LogP contribution in [0.5, 0.6) is 17.2 Å². The second kappa shape index (κ2) is 10.5. The molecule has 0 bridgehead atoms. The second-order valence-corrected chi connectivity index (χ2v) is 5.60. The Labute approximate surface area is 157 Å². The van der Waals surface area contributed by atoms with Crippen molar-refractivity contribution < 1.29 is 19.7 Å². The molecule has 5 N–H and O–H groups in total. The van der Waals surface area contributed by atoms with Crippen LogP contribution in [0.15, 0.2) is 78.9 Å². The molecule has 140 valence electrons. The molecular weight excluding hydrogens is 344 g/mol. The highest BCUT2D eigenvalue weighted by Crippen LogP contribution is 2.11. The molecule has 0 heterocycles. The Kier molecular flexibility index (Phi) is 7.68. The summed E-state index contributed by atoms with van der Waals surface area (Å²) < 4.78 is 5.05. The van der Waals surface area contributed by atoms with Crippen molar-refractivity contribution in [1.82, 2.24) is 5.32 Å². The number of hydrogen-bond donors (Lipinski definition) is 4. The molecule has 6 heteroatoms. The van der Waals surface area contributed by atoms with Crippen molar-refractivity contribution in [2.75, 3.05) is 0 Å². The zero-order valence-corrected chi connectivity index (χ0v) is 14.7. The van der Waals surface area contributed by atoms with Gasteiger partial charge in [0.15, 0.2) is 0 Å². The normalized spacial score (nSPS) is 9.67. The van der Waals surface area contributed by atoms with Gasteiger partial charge in [0.2, 0.25) is 0 Å². The van der Waals surface area contributed by atoms with Gasteiger partial charge in [0.05, 0.1) is 0 Å². The first kappa shape index (κ1) is 19.8. The molecule has 0 radical (unpaired) electrons. The Hall–Kier alpha value is -3.51. The highest BCUT2D eigenvalue weighted by Gasteiger charge is 2.03. The average Bonchev–Trinajstić information content (AvgIpc) is 2.68. The van der Waals surface area contributed by atoms with E-state index in [2.05, 4.69) is 5.32 Å². The average molecular weight is 366 g/mol. The van der Waals surface area contributed by atoms with Crippen LogP contribution in [0.1, 0.15) is 11.1 Å². The summed E-state index contributed by atoms with van der Waals surface area (Å²) in [5.41, 5.74) is 7.07. The Morgan fingerprint density at radius 1 is 0.852 bits per heavy atom. The van der Waals surface area contributed by atoms with Crippen molar-refractivity contribution in [1.29, 1.82) is 0 Å². The Balaban J connectivity index is 0.000000244. The SMILES string of the molecule is NCc1cccc(O)c1.O=C(NCc1cccc(O)c1)Oc1ccccc1. The minimum Gasteiger partial charge on any atom is -0.508 e. The Bertz CT molecular complexity index is 854. The zero-order valence-electron chi connectivity index (χ0n) is 14.7. The monoisotopic (exact) mass is 366 g/mol. The summed E-state index contributed by atoms with van der Waals surface area (Å²) in [7, 11) is 0. The van der Waals surface area contributed by atoms with Gasteiger partial charge in [-0.1, -0.05) is 42.5 Å². The molecule has 0 aliphatic carbocycles. The van der Waals surface area contributed by atoms with Gasteiger partial charge in [-0.25, -0.2) is 4.79 Å². The molecule has 0 unspecified atom stereocenters. The number of benzene rings is 3. The molecular formula is C21H22N2O4. The molecule has 3 aromatic carbocycles. The van der Waals surface area contributed by atoms with Crippen LogP contribution < -0.4 is 15.8 Å². The van der Waals surface area contributed by atoms with E-state index >= 15 is 0 Å². The van der Waals surface area contributed by atoms with Crippen LogP contribution in [0.4, 0.5) is 4.79 Å². The molecule has 27 heavy (non-hydrogen) atoms. The number of nitrogens with two attached hydrogens (primary N) is 1. The first-order valence-electron chi connectivity index (χ1n) is 8.33. The minimum absolute atomic E-state index is 0.172. The molecule has 3 aromatic rings. The smallest absolute Gasteiger partial charge is 0.412 e. The van der Waals surface area contributed by atoms with Gasteiger partial charge in [-0.05, 0) is 47.5 Å². The molecule has 0 aliphatic heterocycles. The van der Waals surface area contributed by atoms with Crippen LogP contribution >= 0.6 is 0 Å². The Morgan fingerprint density at radius 2 is 1.44 bits per heavy atom. The molecule has 0 aliphatic rings. The maximum Gasteiger partial charge on any atom is 0.412 e. The lowest BCUT2D eigenvalue weighted by atomic mass is 10.2. The van der Waals surface area contributed by atoms with E-state index in [0.29, 0.717) is 18.8 Å². The number of rotatable bonds is 4. The fraction of sp³-hybridized carbons (Fsp3) is 0.0952. The summed E-state index contributed by atoms with van der Waals surface area (Å²) >= 11 is 0. The number of para-hydroxylation sites is 1. The molecule has 0 saturated carbocycles. The number of nitrogens with one attached hydrogen (secondary N) is 1. The minimum atomic E-state index is -0.524. The predicted octanol–water partition coefficient (Wildman–Crippen LogP) is 3.53. The molecule has 6 nitrogen and oxygen atoms in total. The van der Waals surface area contributed by atoms with E-state index in [9.17, 15) is 9.90 Å². The number of ether oxygens (including phenoxy) is 1. The highest BCUT2D eigenvalue weighted by molar-refractivity contribution is 5.70.